The van der Waals surface area contributed by atoms with E-state index in [1.54, 1.807) is 0 Å². The molecule has 0 aliphatic heterocycles. The number of hydrogen-bond acceptors (Lipinski definition) is 5. The second-order valence-corrected chi connectivity index (χ2v) is 6.70. The highest BCUT2D eigenvalue weighted by atomic mass is 35.5. The highest BCUT2D eigenvalue weighted by Crippen LogP contribution is 2.29. The average Bonchev–Trinajstić information content (AvgIpc) is 2.51. The summed E-state index contributed by atoms with van der Waals surface area (Å²) in [7, 11) is -4.26. The normalized spacial score (nSPS) is 11.7. The molecule has 0 saturated heterocycles. The molecule has 22 heavy (non-hydrogen) atoms. The van der Waals surface area contributed by atoms with E-state index in [2.05, 4.69) is 24.7 Å². The summed E-state index contributed by atoms with van der Waals surface area (Å²) in [5.41, 5.74) is 0.931. The van der Waals surface area contributed by atoms with Gasteiger partial charge in [-0.3, -0.25) is 0 Å². The molecule has 0 heterocycles. The summed E-state index contributed by atoms with van der Waals surface area (Å²) < 4.78 is 30.2. The van der Waals surface area contributed by atoms with Gasteiger partial charge in [0, 0.05) is 6.54 Å². The number of carbonyl (C=O) groups excluding carboxylic acids is 1. The average molecular weight is 383 g/mol. The van der Waals surface area contributed by atoms with Gasteiger partial charge in [-0.2, -0.15) is 12.1 Å². The maximum absolute atomic E-state index is 12.4. The maximum atomic E-state index is 12.4. The van der Waals surface area contributed by atoms with E-state index in [9.17, 15) is 13.2 Å². The summed E-state index contributed by atoms with van der Waals surface area (Å²) in [6.07, 6.45) is 1.40. The van der Waals surface area contributed by atoms with Gasteiger partial charge in [0.15, 0.2) is 0 Å². The van der Waals surface area contributed by atoms with Crippen LogP contribution in [0.3, 0.4) is 0 Å². The lowest BCUT2D eigenvalue weighted by Crippen LogP contribution is -2.37. The van der Waals surface area contributed by atoms with Gasteiger partial charge in [-0.05, 0) is 36.5 Å². The van der Waals surface area contributed by atoms with E-state index in [0.29, 0.717) is 0 Å². The third-order valence-corrected chi connectivity index (χ3v) is 5.06. The third kappa shape index (κ3) is 4.57. The Morgan fingerprint density at radius 1 is 1.45 bits per heavy atom. The Morgan fingerprint density at radius 2 is 2.09 bits per heavy atom. The molecule has 0 radical (unpaired) electrons. The predicted molar refractivity (Wildman–Crippen MR) is 88.5 cm³/mol. The second-order valence-electron chi connectivity index (χ2n) is 3.68. The predicted octanol–water partition coefficient (Wildman–Crippen LogP) is 3.07. The number of hydrogen-bond donors (Lipinski definition) is 2. The first-order valence-electron chi connectivity index (χ1n) is 5.70. The minimum absolute atomic E-state index is 0.0877. The maximum Gasteiger partial charge on any atom is 0.341 e. The van der Waals surface area contributed by atoms with E-state index in [1.807, 2.05) is 0 Å². The smallest absolute Gasteiger partial charge is 0.341 e. The van der Waals surface area contributed by atoms with E-state index >= 15 is 0 Å². The molecule has 10 heteroatoms. The Kier molecular flexibility index (Phi) is 7.08. The van der Waals surface area contributed by atoms with Crippen molar-refractivity contribution in [2.75, 3.05) is 6.54 Å². The van der Waals surface area contributed by atoms with Gasteiger partial charge in [0.2, 0.25) is 5.22 Å². The van der Waals surface area contributed by atoms with Crippen LogP contribution in [0.5, 0.6) is 5.75 Å². The van der Waals surface area contributed by atoms with Crippen LogP contribution in [0.2, 0.25) is 0 Å². The fourth-order valence-corrected chi connectivity index (χ4v) is 2.85. The van der Waals surface area contributed by atoms with Gasteiger partial charge >= 0.3 is 6.03 Å². The summed E-state index contributed by atoms with van der Waals surface area (Å²) in [4.78, 5) is 11.4. The van der Waals surface area contributed by atoms with Gasteiger partial charge in [-0.1, -0.05) is 29.8 Å². The molecule has 120 valence electrons. The van der Waals surface area contributed by atoms with Crippen LogP contribution in [0, 0.1) is 0 Å². The molecule has 0 fully saturated rings. The minimum atomic E-state index is -4.26. The topological polar surface area (TPSA) is 75.7 Å². The fraction of sp³-hybridized carbons (Fsp3) is 0.0833. The van der Waals surface area contributed by atoms with E-state index in [0.717, 1.165) is 5.54 Å². The van der Waals surface area contributed by atoms with Gasteiger partial charge in [-0.25, -0.2) is 4.79 Å². The molecule has 0 unspecified atom stereocenters. The first-order valence-corrected chi connectivity index (χ1v) is 8.35. The molecule has 0 saturated carbocycles. The number of halogens is 2. The van der Waals surface area contributed by atoms with Crippen LogP contribution in [0.25, 0.3) is 0 Å². The van der Waals surface area contributed by atoms with Crippen molar-refractivity contribution in [2.45, 2.75) is 4.90 Å². The van der Waals surface area contributed by atoms with Crippen LogP contribution >= 0.6 is 36.0 Å². The lowest BCUT2D eigenvalue weighted by molar-refractivity contribution is 0.238. The number of thiol groups is 1. The molecule has 0 aromatic heterocycles. The summed E-state index contributed by atoms with van der Waals surface area (Å²) in [6, 6.07) is 4.66. The summed E-state index contributed by atoms with van der Waals surface area (Å²) in [5.74, 6) is -0.0972. The standard InChI is InChI=1S/C12H12Cl2N2O4S2/c1-2-7-15-12(17)16(21)22(18,19)10-6-4-3-5-9(10)20-11(14)8-13/h2-6,8,21H,1,7H2,(H,15,17). The number of nitrogens with one attached hydrogen (secondary N) is 1. The molecule has 1 aromatic rings. The van der Waals surface area contributed by atoms with Crippen molar-refractivity contribution in [2.24, 2.45) is 0 Å². The minimum Gasteiger partial charge on any atom is -0.443 e. The van der Waals surface area contributed by atoms with Crippen LogP contribution in [-0.2, 0) is 10.0 Å². The molecule has 0 atom stereocenters. The molecule has 2 amide bonds. The van der Waals surface area contributed by atoms with Gasteiger partial charge in [0.05, 0.1) is 5.54 Å². The van der Waals surface area contributed by atoms with E-state index in [-0.39, 0.29) is 26.1 Å². The van der Waals surface area contributed by atoms with Gasteiger partial charge in [0.1, 0.15) is 10.6 Å². The Bertz CT molecular complexity index is 692. The zero-order valence-electron chi connectivity index (χ0n) is 11.1. The molecular formula is C12H12Cl2N2O4S2. The molecule has 0 aliphatic rings. The van der Waals surface area contributed by atoms with Crippen molar-refractivity contribution in [1.29, 1.82) is 0 Å². The number of amides is 2. The Hall–Kier alpha value is -1.35. The van der Waals surface area contributed by atoms with Gasteiger partial charge < -0.3 is 10.1 Å². The summed E-state index contributed by atoms with van der Waals surface area (Å²) in [6.45, 7) is 3.50. The van der Waals surface area contributed by atoms with Crippen molar-refractivity contribution in [3.8, 4) is 5.75 Å². The summed E-state index contributed by atoms with van der Waals surface area (Å²) >= 11 is 14.7. The van der Waals surface area contributed by atoms with Crippen LogP contribution in [0.4, 0.5) is 4.79 Å². The van der Waals surface area contributed by atoms with Crippen LogP contribution in [-0.4, -0.2) is 24.7 Å². The van der Waals surface area contributed by atoms with Gasteiger partial charge in [0.25, 0.3) is 10.0 Å². The summed E-state index contributed by atoms with van der Waals surface area (Å²) in [5, 5.41) is 2.06. The third-order valence-electron chi connectivity index (χ3n) is 2.22. The number of carbonyl (C=O) groups is 1. The van der Waals surface area contributed by atoms with E-state index in [1.165, 1.54) is 30.3 Å². The van der Waals surface area contributed by atoms with Crippen LogP contribution in [0.1, 0.15) is 0 Å². The first-order chi connectivity index (χ1) is 10.3. The van der Waals surface area contributed by atoms with Crippen LogP contribution in [0.15, 0.2) is 52.6 Å². The van der Waals surface area contributed by atoms with Crippen molar-refractivity contribution in [3.63, 3.8) is 0 Å². The van der Waals surface area contributed by atoms with Crippen LogP contribution < -0.4 is 10.1 Å². The van der Waals surface area contributed by atoms with Crippen molar-refractivity contribution >= 4 is 52.1 Å². The molecule has 1 aromatic carbocycles. The number of rotatable bonds is 6. The number of ether oxygens (including phenoxy) is 1. The zero-order chi connectivity index (χ0) is 16.8. The highest BCUT2D eigenvalue weighted by molar-refractivity contribution is 8.00. The van der Waals surface area contributed by atoms with Gasteiger partial charge in [-0.15, -0.1) is 6.58 Å². The quantitative estimate of drug-likeness (QED) is 0.450. The highest BCUT2D eigenvalue weighted by Gasteiger charge is 2.29. The SMILES string of the molecule is C=CCNC(=O)N(S)S(=O)(=O)c1ccccc1OC(Cl)=CCl. The molecule has 0 spiro atoms. The number of para-hydroxylation sites is 1. The van der Waals surface area contributed by atoms with E-state index < -0.39 is 16.1 Å². The fourth-order valence-electron chi connectivity index (χ4n) is 1.30. The largest absolute Gasteiger partial charge is 0.443 e. The molecule has 0 aliphatic carbocycles. The molecule has 1 N–H and O–H groups in total. The number of urea groups is 1. The van der Waals surface area contributed by atoms with Crippen molar-refractivity contribution in [1.82, 2.24) is 9.03 Å². The molecular weight excluding hydrogens is 371 g/mol. The van der Waals surface area contributed by atoms with E-state index in [4.69, 9.17) is 27.9 Å². The Balaban J connectivity index is 3.17. The monoisotopic (exact) mass is 382 g/mol. The Morgan fingerprint density at radius 3 is 2.68 bits per heavy atom. The molecule has 0 bridgehead atoms. The second kappa shape index (κ2) is 8.33. The lowest BCUT2D eigenvalue weighted by Gasteiger charge is -2.18. The first kappa shape index (κ1) is 18.7. The Labute approximate surface area is 143 Å². The number of benzene rings is 1. The lowest BCUT2D eigenvalue weighted by atomic mass is 10.3. The van der Waals surface area contributed by atoms with Crippen molar-refractivity contribution in [3.05, 3.63) is 47.7 Å². The number of sulfonamides is 1. The molecule has 1 rings (SSSR count). The molecule has 6 nitrogen and oxygen atoms in total. The number of nitrogens with zero attached hydrogens (tertiary/aromatic N) is 1. The van der Waals surface area contributed by atoms with Crippen molar-refractivity contribution < 1.29 is 17.9 Å². The zero-order valence-corrected chi connectivity index (χ0v) is 14.3.